The van der Waals surface area contributed by atoms with E-state index in [0.717, 1.165) is 11.6 Å². The molecule has 0 aromatic heterocycles. The summed E-state index contributed by atoms with van der Waals surface area (Å²) in [4.78, 5) is 25.0. The highest BCUT2D eigenvalue weighted by Gasteiger charge is 2.55. The summed E-state index contributed by atoms with van der Waals surface area (Å²) in [6.45, 7) is 1.55. The maximum absolute atomic E-state index is 13.5. The number of benzene rings is 2. The normalized spacial score (nSPS) is 25.5. The molecule has 7 nitrogen and oxygen atoms in total. The van der Waals surface area contributed by atoms with Gasteiger partial charge in [-0.25, -0.2) is 4.39 Å². The quantitative estimate of drug-likeness (QED) is 0.527. The van der Waals surface area contributed by atoms with E-state index in [1.165, 1.54) is 12.1 Å². The zero-order valence-electron chi connectivity index (χ0n) is 18.9. The zero-order valence-corrected chi connectivity index (χ0v) is 19.7. The summed E-state index contributed by atoms with van der Waals surface area (Å²) >= 11 is 5.65. The van der Waals surface area contributed by atoms with Gasteiger partial charge in [0.1, 0.15) is 17.3 Å². The van der Waals surface area contributed by atoms with Gasteiger partial charge in [-0.15, -0.1) is 0 Å². The van der Waals surface area contributed by atoms with Crippen LogP contribution >= 0.6 is 11.6 Å². The molecule has 2 aromatic rings. The van der Waals surface area contributed by atoms with Crippen molar-refractivity contribution in [3.05, 3.63) is 58.9 Å². The first-order valence-electron chi connectivity index (χ1n) is 11.3. The van der Waals surface area contributed by atoms with Gasteiger partial charge in [-0.2, -0.15) is 0 Å². The first-order valence-corrected chi connectivity index (χ1v) is 11.6. The number of amides is 2. The third-order valence-electron chi connectivity index (χ3n) is 6.77. The third kappa shape index (κ3) is 5.45. The molecule has 0 heterocycles. The highest BCUT2D eigenvalue weighted by atomic mass is 35.5. The monoisotopic (exact) mass is 490 g/mol. The summed E-state index contributed by atoms with van der Waals surface area (Å²) in [7, 11) is 0. The number of carbonyl (C=O) groups is 2. The van der Waals surface area contributed by atoms with Crippen molar-refractivity contribution in [1.82, 2.24) is 10.6 Å². The average Bonchev–Trinajstić information content (AvgIpc) is 2.81. The lowest BCUT2D eigenvalue weighted by Gasteiger charge is -2.56. The molecule has 0 spiro atoms. The van der Waals surface area contributed by atoms with Crippen molar-refractivity contribution < 1.29 is 28.6 Å². The number of nitrogens with one attached hydrogen (secondary N) is 2. The van der Waals surface area contributed by atoms with Gasteiger partial charge in [0.2, 0.25) is 0 Å². The van der Waals surface area contributed by atoms with E-state index < -0.39 is 23.0 Å². The summed E-state index contributed by atoms with van der Waals surface area (Å²) in [6.07, 6.45) is 1.83. The van der Waals surface area contributed by atoms with Crippen molar-refractivity contribution in [2.24, 2.45) is 0 Å². The Labute approximate surface area is 202 Å². The van der Waals surface area contributed by atoms with Crippen LogP contribution in [0.4, 0.5) is 4.39 Å². The summed E-state index contributed by atoms with van der Waals surface area (Å²) in [5, 5.41) is 16.8. The van der Waals surface area contributed by atoms with Crippen LogP contribution in [0.15, 0.2) is 42.5 Å². The number of carbonyl (C=O) groups excluding carboxylic acids is 2. The van der Waals surface area contributed by atoms with Crippen LogP contribution in [0.25, 0.3) is 0 Å². The highest BCUT2D eigenvalue weighted by Crippen LogP contribution is 2.47. The van der Waals surface area contributed by atoms with E-state index in [4.69, 9.17) is 21.1 Å². The number of fused-ring (bicyclic) bond motifs is 3. The van der Waals surface area contributed by atoms with Crippen molar-refractivity contribution >= 4 is 23.4 Å². The minimum atomic E-state index is -0.801. The standard InChI is InChI=1S/C25H28ClFN2O5/c1-16-2-4-17(5-3-16)33-15-23(32)29-25-10-8-24(9-11-25,13-21(25)30)28-22(31)14-34-18-6-7-19(26)20(27)12-18/h2-7,12,21,30H,8-11,13-15H2,1H3,(H,28,31)(H,29,32)/t21-,24?,25?/m0/s1. The molecule has 34 heavy (non-hydrogen) atoms. The Kier molecular flexibility index (Phi) is 7.00. The van der Waals surface area contributed by atoms with E-state index >= 15 is 0 Å². The zero-order chi connectivity index (χ0) is 24.3. The molecule has 2 bridgehead atoms. The number of hydrogen-bond acceptors (Lipinski definition) is 5. The molecule has 0 unspecified atom stereocenters. The molecule has 3 aliphatic rings. The third-order valence-corrected chi connectivity index (χ3v) is 7.07. The fourth-order valence-corrected chi connectivity index (χ4v) is 4.92. The second-order valence-electron chi connectivity index (χ2n) is 9.22. The predicted molar refractivity (Wildman–Crippen MR) is 124 cm³/mol. The molecule has 0 saturated heterocycles. The van der Waals surface area contributed by atoms with Gasteiger partial charge >= 0.3 is 0 Å². The number of hydrogen-bond donors (Lipinski definition) is 3. The van der Waals surface area contributed by atoms with Gasteiger partial charge in [0, 0.05) is 11.6 Å². The number of aliphatic hydroxyl groups excluding tert-OH is 1. The minimum absolute atomic E-state index is 0.0219. The van der Waals surface area contributed by atoms with E-state index in [-0.39, 0.29) is 35.8 Å². The summed E-state index contributed by atoms with van der Waals surface area (Å²) < 4.78 is 24.5. The molecule has 1 atom stereocenters. The molecular formula is C25H28ClFN2O5. The van der Waals surface area contributed by atoms with E-state index in [2.05, 4.69) is 10.6 Å². The maximum Gasteiger partial charge on any atom is 0.258 e. The van der Waals surface area contributed by atoms with Gasteiger partial charge < -0.3 is 25.2 Å². The molecule has 0 aliphatic heterocycles. The topological polar surface area (TPSA) is 96.9 Å². The van der Waals surface area contributed by atoms with Crippen molar-refractivity contribution in [2.45, 2.75) is 56.2 Å². The Bertz CT molecular complexity index is 1050. The van der Waals surface area contributed by atoms with Crippen LogP contribution in [0.1, 0.15) is 37.7 Å². The number of aliphatic hydroxyl groups is 1. The van der Waals surface area contributed by atoms with Gasteiger partial charge in [-0.1, -0.05) is 29.3 Å². The summed E-state index contributed by atoms with van der Waals surface area (Å²) in [6, 6.07) is 11.4. The molecule has 3 N–H and O–H groups in total. The van der Waals surface area contributed by atoms with E-state index in [1.54, 1.807) is 12.1 Å². The van der Waals surface area contributed by atoms with Crippen molar-refractivity contribution in [2.75, 3.05) is 13.2 Å². The van der Waals surface area contributed by atoms with E-state index in [9.17, 15) is 19.1 Å². The SMILES string of the molecule is Cc1ccc(OCC(=O)NC23CCC(NC(=O)COc4ccc(Cl)c(F)c4)(CC2)C[C@@H]3O)cc1. The Balaban J connectivity index is 1.27. The second kappa shape index (κ2) is 9.80. The van der Waals surface area contributed by atoms with Crippen molar-refractivity contribution in [3.63, 3.8) is 0 Å². The van der Waals surface area contributed by atoms with Crippen LogP contribution < -0.4 is 20.1 Å². The lowest BCUT2D eigenvalue weighted by Crippen LogP contribution is -2.70. The number of ether oxygens (including phenoxy) is 2. The smallest absolute Gasteiger partial charge is 0.258 e. The highest BCUT2D eigenvalue weighted by molar-refractivity contribution is 6.30. The molecular weight excluding hydrogens is 463 g/mol. The first-order chi connectivity index (χ1) is 16.2. The largest absolute Gasteiger partial charge is 0.484 e. The van der Waals surface area contributed by atoms with Crippen molar-refractivity contribution in [1.29, 1.82) is 0 Å². The average molecular weight is 491 g/mol. The number of halogens is 2. The lowest BCUT2D eigenvalue weighted by atomic mass is 9.60. The number of rotatable bonds is 8. The second-order valence-corrected chi connectivity index (χ2v) is 9.63. The van der Waals surface area contributed by atoms with Gasteiger partial charge in [0.25, 0.3) is 11.8 Å². The molecule has 3 aliphatic carbocycles. The molecule has 5 rings (SSSR count). The van der Waals surface area contributed by atoms with Crippen LogP contribution in [0.3, 0.4) is 0 Å². The summed E-state index contributed by atoms with van der Waals surface area (Å²) in [5.74, 6) is -0.453. The van der Waals surface area contributed by atoms with Crippen LogP contribution in [0, 0.1) is 12.7 Å². The lowest BCUT2D eigenvalue weighted by molar-refractivity contribution is -0.137. The molecule has 9 heteroatoms. The summed E-state index contributed by atoms with van der Waals surface area (Å²) in [5.41, 5.74) is -0.183. The molecule has 3 saturated carbocycles. The minimum Gasteiger partial charge on any atom is -0.484 e. The Hall–Kier alpha value is -2.84. The number of aryl methyl sites for hydroxylation is 1. The molecule has 0 radical (unpaired) electrons. The first kappa shape index (κ1) is 24.3. The Morgan fingerprint density at radius 1 is 1.00 bits per heavy atom. The van der Waals surface area contributed by atoms with Crippen LogP contribution in [-0.2, 0) is 9.59 Å². The van der Waals surface area contributed by atoms with E-state index in [0.29, 0.717) is 37.9 Å². The molecule has 182 valence electrons. The Morgan fingerprint density at radius 2 is 1.59 bits per heavy atom. The fourth-order valence-electron chi connectivity index (χ4n) is 4.81. The van der Waals surface area contributed by atoms with Gasteiger partial charge in [-0.05, 0) is 63.3 Å². The fraction of sp³-hybridized carbons (Fsp3) is 0.440. The van der Waals surface area contributed by atoms with Crippen LogP contribution in [0.2, 0.25) is 5.02 Å². The molecule has 2 aromatic carbocycles. The predicted octanol–water partition coefficient (Wildman–Crippen LogP) is 3.29. The molecule has 3 fully saturated rings. The van der Waals surface area contributed by atoms with Gasteiger partial charge in [0.15, 0.2) is 13.2 Å². The van der Waals surface area contributed by atoms with E-state index in [1.807, 2.05) is 19.1 Å². The molecule has 2 amide bonds. The van der Waals surface area contributed by atoms with Crippen molar-refractivity contribution in [3.8, 4) is 11.5 Å². The maximum atomic E-state index is 13.5. The van der Waals surface area contributed by atoms with Gasteiger partial charge in [0.05, 0.1) is 16.7 Å². The Morgan fingerprint density at radius 3 is 2.21 bits per heavy atom. The van der Waals surface area contributed by atoms with Gasteiger partial charge in [-0.3, -0.25) is 9.59 Å². The van der Waals surface area contributed by atoms with Crippen LogP contribution in [-0.4, -0.2) is 47.3 Å². The van der Waals surface area contributed by atoms with Crippen LogP contribution in [0.5, 0.6) is 11.5 Å².